The van der Waals surface area contributed by atoms with E-state index in [1.54, 1.807) is 24.5 Å². The number of hydrogen-bond donors (Lipinski definition) is 0. The van der Waals surface area contributed by atoms with Gasteiger partial charge in [-0.25, -0.2) is 0 Å². The molecule has 0 atom stereocenters. The van der Waals surface area contributed by atoms with Crippen LogP contribution in [0.2, 0.25) is 0 Å². The highest BCUT2D eigenvalue weighted by molar-refractivity contribution is 5.94. The molecule has 1 aliphatic rings. The number of likely N-dealkylation sites (N-methyl/N-ethyl adjacent to an activating group) is 1. The zero-order chi connectivity index (χ0) is 15.9. The van der Waals surface area contributed by atoms with E-state index >= 15 is 0 Å². The Morgan fingerprint density at radius 3 is 2.23 bits per heavy atom. The molecule has 1 saturated heterocycles. The fourth-order valence-electron chi connectivity index (χ4n) is 2.65. The fourth-order valence-corrected chi connectivity index (χ4v) is 2.65. The van der Waals surface area contributed by atoms with E-state index in [0.717, 1.165) is 26.2 Å². The van der Waals surface area contributed by atoms with E-state index in [4.69, 9.17) is 0 Å². The summed E-state index contributed by atoms with van der Waals surface area (Å²) >= 11 is 0. The van der Waals surface area contributed by atoms with Crippen LogP contribution < -0.4 is 0 Å². The maximum Gasteiger partial charge on any atom is 0.254 e. The summed E-state index contributed by atoms with van der Waals surface area (Å²) in [5.74, 6) is 0.205. The lowest BCUT2D eigenvalue weighted by atomic mass is 10.2. The van der Waals surface area contributed by atoms with Crippen LogP contribution >= 0.6 is 0 Å². The summed E-state index contributed by atoms with van der Waals surface area (Å²) in [6.45, 7) is 8.72. The topological polar surface area (TPSA) is 56.8 Å². The van der Waals surface area contributed by atoms with Gasteiger partial charge in [-0.1, -0.05) is 0 Å². The number of pyridine rings is 1. The fraction of sp³-hybridized carbons (Fsp3) is 0.562. The average Bonchev–Trinajstić information content (AvgIpc) is 2.57. The molecule has 0 unspecified atom stereocenters. The lowest BCUT2D eigenvalue weighted by Gasteiger charge is -2.35. The van der Waals surface area contributed by atoms with Crippen LogP contribution in [-0.2, 0) is 4.79 Å². The molecule has 0 radical (unpaired) electrons. The molecular formula is C16H24N4O2. The first kappa shape index (κ1) is 16.4. The van der Waals surface area contributed by atoms with E-state index in [-0.39, 0.29) is 11.8 Å². The van der Waals surface area contributed by atoms with Gasteiger partial charge in [0.1, 0.15) is 0 Å². The summed E-state index contributed by atoms with van der Waals surface area (Å²) in [4.78, 5) is 34.2. The predicted octanol–water partition coefficient (Wildman–Crippen LogP) is 0.708. The van der Waals surface area contributed by atoms with Gasteiger partial charge in [-0.3, -0.25) is 19.5 Å². The van der Waals surface area contributed by atoms with Crippen LogP contribution in [0.3, 0.4) is 0 Å². The molecule has 1 aromatic heterocycles. The molecule has 120 valence electrons. The second-order valence-electron chi connectivity index (χ2n) is 5.37. The van der Waals surface area contributed by atoms with Gasteiger partial charge >= 0.3 is 0 Å². The van der Waals surface area contributed by atoms with Crippen LogP contribution in [0.5, 0.6) is 0 Å². The summed E-state index contributed by atoms with van der Waals surface area (Å²) in [7, 11) is 0. The van der Waals surface area contributed by atoms with Crippen LogP contribution in [0, 0.1) is 0 Å². The van der Waals surface area contributed by atoms with Gasteiger partial charge in [0.2, 0.25) is 5.91 Å². The SMILES string of the molecule is CCN(CC)C(=O)CN1CCN(C(=O)c2ccncc2)CC1. The third-order valence-electron chi connectivity index (χ3n) is 4.06. The lowest BCUT2D eigenvalue weighted by Crippen LogP contribution is -2.51. The Labute approximate surface area is 131 Å². The molecule has 1 fully saturated rings. The molecule has 0 aliphatic carbocycles. The highest BCUT2D eigenvalue weighted by Gasteiger charge is 2.24. The third kappa shape index (κ3) is 4.04. The third-order valence-corrected chi connectivity index (χ3v) is 4.06. The normalized spacial score (nSPS) is 15.6. The van der Waals surface area contributed by atoms with Crippen LogP contribution in [0.15, 0.2) is 24.5 Å². The molecule has 0 spiro atoms. The molecule has 2 heterocycles. The molecule has 1 aromatic rings. The van der Waals surface area contributed by atoms with Crippen molar-refractivity contribution >= 4 is 11.8 Å². The number of piperazine rings is 1. The lowest BCUT2D eigenvalue weighted by molar-refractivity contribution is -0.132. The summed E-state index contributed by atoms with van der Waals surface area (Å²) in [5, 5.41) is 0. The van der Waals surface area contributed by atoms with E-state index in [9.17, 15) is 9.59 Å². The van der Waals surface area contributed by atoms with Crippen molar-refractivity contribution in [3.63, 3.8) is 0 Å². The first-order valence-corrected chi connectivity index (χ1v) is 7.85. The maximum atomic E-state index is 12.3. The van der Waals surface area contributed by atoms with Gasteiger partial charge in [0.25, 0.3) is 5.91 Å². The monoisotopic (exact) mass is 304 g/mol. The molecule has 0 saturated carbocycles. The van der Waals surface area contributed by atoms with Crippen molar-refractivity contribution in [2.24, 2.45) is 0 Å². The highest BCUT2D eigenvalue weighted by Crippen LogP contribution is 2.08. The van der Waals surface area contributed by atoms with Crippen molar-refractivity contribution in [1.29, 1.82) is 0 Å². The Kier molecular flexibility index (Phi) is 5.89. The Balaban J connectivity index is 1.83. The molecule has 2 amide bonds. The first-order chi connectivity index (χ1) is 10.7. The molecule has 6 nitrogen and oxygen atoms in total. The minimum atomic E-state index is 0.0390. The van der Waals surface area contributed by atoms with E-state index in [1.807, 2.05) is 23.6 Å². The van der Waals surface area contributed by atoms with Gasteiger partial charge in [-0.05, 0) is 26.0 Å². The van der Waals surface area contributed by atoms with E-state index in [1.165, 1.54) is 0 Å². The van der Waals surface area contributed by atoms with Crippen molar-refractivity contribution in [2.75, 3.05) is 45.8 Å². The van der Waals surface area contributed by atoms with Crippen molar-refractivity contribution in [3.05, 3.63) is 30.1 Å². The van der Waals surface area contributed by atoms with Gasteiger partial charge in [0, 0.05) is 57.2 Å². The molecule has 0 aromatic carbocycles. The second-order valence-corrected chi connectivity index (χ2v) is 5.37. The van der Waals surface area contributed by atoms with Crippen molar-refractivity contribution in [3.8, 4) is 0 Å². The Morgan fingerprint density at radius 1 is 1.09 bits per heavy atom. The summed E-state index contributed by atoms with van der Waals surface area (Å²) in [6.07, 6.45) is 3.26. The number of aromatic nitrogens is 1. The van der Waals surface area contributed by atoms with Crippen LogP contribution in [0.25, 0.3) is 0 Å². The average molecular weight is 304 g/mol. The minimum absolute atomic E-state index is 0.0390. The number of amides is 2. The van der Waals surface area contributed by atoms with Crippen molar-refractivity contribution in [1.82, 2.24) is 19.7 Å². The molecule has 2 rings (SSSR count). The van der Waals surface area contributed by atoms with Gasteiger partial charge < -0.3 is 9.80 Å². The quantitative estimate of drug-likeness (QED) is 0.804. The molecule has 0 N–H and O–H groups in total. The maximum absolute atomic E-state index is 12.3. The summed E-state index contributed by atoms with van der Waals surface area (Å²) < 4.78 is 0. The van der Waals surface area contributed by atoms with E-state index in [0.29, 0.717) is 25.2 Å². The number of hydrogen-bond acceptors (Lipinski definition) is 4. The molecule has 0 bridgehead atoms. The van der Waals surface area contributed by atoms with Gasteiger partial charge in [0.05, 0.1) is 6.54 Å². The predicted molar refractivity (Wildman–Crippen MR) is 84.5 cm³/mol. The molecule has 22 heavy (non-hydrogen) atoms. The first-order valence-electron chi connectivity index (χ1n) is 7.85. The standard InChI is InChI=1S/C16H24N4O2/c1-3-19(4-2)15(21)13-18-9-11-20(12-10-18)16(22)14-5-7-17-8-6-14/h5-8H,3-4,9-13H2,1-2H3. The van der Waals surface area contributed by atoms with Crippen molar-refractivity contribution in [2.45, 2.75) is 13.8 Å². The summed E-state index contributed by atoms with van der Waals surface area (Å²) in [5.41, 5.74) is 0.669. The highest BCUT2D eigenvalue weighted by atomic mass is 16.2. The Hall–Kier alpha value is -1.95. The molecule has 1 aliphatic heterocycles. The van der Waals surface area contributed by atoms with Crippen molar-refractivity contribution < 1.29 is 9.59 Å². The van der Waals surface area contributed by atoms with Gasteiger partial charge in [0.15, 0.2) is 0 Å². The zero-order valence-electron chi connectivity index (χ0n) is 13.4. The Bertz CT molecular complexity index is 494. The number of carbonyl (C=O) groups is 2. The summed E-state index contributed by atoms with van der Waals surface area (Å²) in [6, 6.07) is 3.47. The van der Waals surface area contributed by atoms with Crippen LogP contribution in [0.1, 0.15) is 24.2 Å². The van der Waals surface area contributed by atoms with Gasteiger partial charge in [-0.2, -0.15) is 0 Å². The van der Waals surface area contributed by atoms with Crippen LogP contribution in [0.4, 0.5) is 0 Å². The number of carbonyl (C=O) groups excluding carboxylic acids is 2. The smallest absolute Gasteiger partial charge is 0.254 e. The van der Waals surface area contributed by atoms with E-state index < -0.39 is 0 Å². The number of nitrogens with zero attached hydrogens (tertiary/aromatic N) is 4. The molecule has 6 heteroatoms. The second kappa shape index (κ2) is 7.89. The van der Waals surface area contributed by atoms with E-state index in [2.05, 4.69) is 9.88 Å². The van der Waals surface area contributed by atoms with Crippen LogP contribution in [-0.4, -0.2) is 77.3 Å². The molecular weight excluding hydrogens is 280 g/mol. The Morgan fingerprint density at radius 2 is 1.68 bits per heavy atom. The van der Waals surface area contributed by atoms with Gasteiger partial charge in [-0.15, -0.1) is 0 Å². The minimum Gasteiger partial charge on any atom is -0.342 e. The zero-order valence-corrected chi connectivity index (χ0v) is 13.4. The number of rotatable bonds is 5. The largest absolute Gasteiger partial charge is 0.342 e.